The van der Waals surface area contributed by atoms with Gasteiger partial charge in [-0.05, 0) is 5.75 Å². The van der Waals surface area contributed by atoms with Gasteiger partial charge in [-0.25, -0.2) is 4.79 Å². The first-order valence-corrected chi connectivity index (χ1v) is 5.73. The molecule has 0 spiro atoms. The van der Waals surface area contributed by atoms with E-state index in [0.29, 0.717) is 10.8 Å². The van der Waals surface area contributed by atoms with E-state index in [4.69, 9.17) is 0 Å². The maximum Gasteiger partial charge on any atom is 0.331 e. The fourth-order valence-electron chi connectivity index (χ4n) is 1.42. The summed E-state index contributed by atoms with van der Waals surface area (Å²) in [7, 11) is 2.97. The van der Waals surface area contributed by atoms with E-state index in [1.165, 1.54) is 23.4 Å². The molecule has 0 unspecified atom stereocenters. The quantitative estimate of drug-likeness (QED) is 0.437. The summed E-state index contributed by atoms with van der Waals surface area (Å²) in [5.41, 5.74) is -0.555. The van der Waals surface area contributed by atoms with Gasteiger partial charge in [-0.3, -0.25) is 13.9 Å². The first-order chi connectivity index (χ1) is 7.54. The fraction of sp³-hybridized carbons (Fsp3) is 0.556. The minimum atomic E-state index is -0.446. The molecule has 0 saturated heterocycles. The Kier molecular flexibility index (Phi) is 4.05. The smallest absolute Gasteiger partial charge is 0.291 e. The molecule has 0 atom stereocenters. The van der Waals surface area contributed by atoms with Crippen molar-refractivity contribution in [1.82, 2.24) is 9.13 Å². The zero-order valence-electron chi connectivity index (χ0n) is 9.39. The molecule has 0 aliphatic rings. The lowest BCUT2D eigenvalue weighted by atomic mass is 10.3. The van der Waals surface area contributed by atoms with E-state index in [2.05, 4.69) is 5.18 Å². The molecular weight excluding hydrogens is 230 g/mol. The van der Waals surface area contributed by atoms with Crippen LogP contribution in [-0.2, 0) is 20.6 Å². The van der Waals surface area contributed by atoms with Crippen LogP contribution in [0.2, 0.25) is 0 Å². The van der Waals surface area contributed by atoms with Gasteiger partial charge in [0.25, 0.3) is 5.56 Å². The van der Waals surface area contributed by atoms with Crippen molar-refractivity contribution >= 4 is 11.8 Å². The van der Waals surface area contributed by atoms with E-state index >= 15 is 0 Å². The van der Waals surface area contributed by atoms with Crippen molar-refractivity contribution < 1.29 is 0 Å². The predicted molar refractivity (Wildman–Crippen MR) is 62.8 cm³/mol. The van der Waals surface area contributed by atoms with Crippen molar-refractivity contribution in [2.75, 3.05) is 5.75 Å². The predicted octanol–water partition coefficient (Wildman–Crippen LogP) is 0.462. The van der Waals surface area contributed by atoms with Crippen LogP contribution >= 0.6 is 11.8 Å². The van der Waals surface area contributed by atoms with Gasteiger partial charge in [-0.2, -0.15) is 4.91 Å². The SMILES string of the molecule is CCSc1c(CN=O)c(=O)n(C)c(=O)n1C. The summed E-state index contributed by atoms with van der Waals surface area (Å²) in [6, 6.07) is 0. The van der Waals surface area contributed by atoms with E-state index in [1.54, 1.807) is 7.05 Å². The number of nitroso groups, excluding NO2 is 1. The van der Waals surface area contributed by atoms with E-state index in [1.807, 2.05) is 6.92 Å². The highest BCUT2D eigenvalue weighted by Gasteiger charge is 2.15. The van der Waals surface area contributed by atoms with Crippen molar-refractivity contribution in [2.45, 2.75) is 18.5 Å². The Morgan fingerprint density at radius 3 is 2.38 bits per heavy atom. The van der Waals surface area contributed by atoms with Gasteiger partial charge < -0.3 is 0 Å². The van der Waals surface area contributed by atoms with Gasteiger partial charge in [0.05, 0.1) is 10.6 Å². The molecule has 0 aliphatic heterocycles. The molecule has 6 nitrogen and oxygen atoms in total. The maximum absolute atomic E-state index is 11.8. The molecule has 0 aliphatic carbocycles. The van der Waals surface area contributed by atoms with Crippen LogP contribution in [0.25, 0.3) is 0 Å². The molecular formula is C9H13N3O3S. The van der Waals surface area contributed by atoms with Crippen LogP contribution in [0.4, 0.5) is 0 Å². The van der Waals surface area contributed by atoms with Gasteiger partial charge in [-0.15, -0.1) is 11.8 Å². The number of thioether (sulfide) groups is 1. The summed E-state index contributed by atoms with van der Waals surface area (Å²) < 4.78 is 2.36. The maximum atomic E-state index is 11.8. The molecule has 1 heterocycles. The summed E-state index contributed by atoms with van der Waals surface area (Å²) in [6.45, 7) is 1.70. The Morgan fingerprint density at radius 2 is 1.88 bits per heavy atom. The lowest BCUT2D eigenvalue weighted by Gasteiger charge is -2.11. The minimum Gasteiger partial charge on any atom is -0.291 e. The normalized spacial score (nSPS) is 10.4. The van der Waals surface area contributed by atoms with Gasteiger partial charge in [0.1, 0.15) is 6.54 Å². The molecule has 0 N–H and O–H groups in total. The second kappa shape index (κ2) is 5.11. The first kappa shape index (κ1) is 12.7. The Labute approximate surface area is 96.3 Å². The zero-order valence-corrected chi connectivity index (χ0v) is 10.2. The molecule has 1 aromatic rings. The van der Waals surface area contributed by atoms with Gasteiger partial charge in [0.15, 0.2) is 0 Å². The second-order valence-corrected chi connectivity index (χ2v) is 4.46. The average molecular weight is 243 g/mol. The summed E-state index contributed by atoms with van der Waals surface area (Å²) in [5.74, 6) is 0.715. The van der Waals surface area contributed by atoms with Crippen LogP contribution in [0, 0.1) is 4.91 Å². The van der Waals surface area contributed by atoms with Crippen molar-refractivity contribution in [2.24, 2.45) is 19.3 Å². The van der Waals surface area contributed by atoms with E-state index in [0.717, 1.165) is 4.57 Å². The largest absolute Gasteiger partial charge is 0.331 e. The van der Waals surface area contributed by atoms with Gasteiger partial charge in [0, 0.05) is 14.1 Å². The van der Waals surface area contributed by atoms with Crippen LogP contribution in [0.15, 0.2) is 19.8 Å². The molecule has 1 aromatic heterocycles. The van der Waals surface area contributed by atoms with Crippen molar-refractivity contribution in [3.05, 3.63) is 31.3 Å². The topological polar surface area (TPSA) is 73.4 Å². The van der Waals surface area contributed by atoms with Crippen molar-refractivity contribution in [3.63, 3.8) is 0 Å². The molecule has 88 valence electrons. The Morgan fingerprint density at radius 1 is 1.25 bits per heavy atom. The number of nitrogens with zero attached hydrogens (tertiary/aromatic N) is 3. The number of aromatic nitrogens is 2. The summed E-state index contributed by atoms with van der Waals surface area (Å²) in [6.07, 6.45) is 0. The highest BCUT2D eigenvalue weighted by atomic mass is 32.2. The number of rotatable bonds is 4. The highest BCUT2D eigenvalue weighted by molar-refractivity contribution is 7.99. The van der Waals surface area contributed by atoms with Gasteiger partial charge >= 0.3 is 5.69 Å². The molecule has 0 saturated carbocycles. The average Bonchev–Trinajstić information content (AvgIpc) is 2.28. The third-order valence-electron chi connectivity index (χ3n) is 2.20. The molecule has 0 aromatic carbocycles. The minimum absolute atomic E-state index is 0.205. The molecule has 1 rings (SSSR count). The van der Waals surface area contributed by atoms with Gasteiger partial charge in [-0.1, -0.05) is 12.1 Å². The molecule has 0 fully saturated rings. The number of hydrogen-bond donors (Lipinski definition) is 0. The summed E-state index contributed by atoms with van der Waals surface area (Å²) in [4.78, 5) is 33.7. The number of hydrogen-bond acceptors (Lipinski definition) is 5. The third kappa shape index (κ3) is 2.08. The lowest BCUT2D eigenvalue weighted by Crippen LogP contribution is -2.39. The highest BCUT2D eigenvalue weighted by Crippen LogP contribution is 2.18. The van der Waals surface area contributed by atoms with Crippen LogP contribution in [-0.4, -0.2) is 14.9 Å². The van der Waals surface area contributed by atoms with Crippen LogP contribution < -0.4 is 11.2 Å². The third-order valence-corrected chi connectivity index (χ3v) is 3.29. The fourth-order valence-corrected chi connectivity index (χ4v) is 2.29. The van der Waals surface area contributed by atoms with Crippen LogP contribution in [0.5, 0.6) is 0 Å². The van der Waals surface area contributed by atoms with E-state index < -0.39 is 11.2 Å². The molecule has 16 heavy (non-hydrogen) atoms. The summed E-state index contributed by atoms with van der Waals surface area (Å²) in [5, 5.41) is 3.25. The van der Waals surface area contributed by atoms with Gasteiger partial charge in [0.2, 0.25) is 0 Å². The Balaban J connectivity index is 3.61. The van der Waals surface area contributed by atoms with Crippen LogP contribution in [0.1, 0.15) is 12.5 Å². The molecule has 0 bridgehead atoms. The summed E-state index contributed by atoms with van der Waals surface area (Å²) >= 11 is 1.36. The lowest BCUT2D eigenvalue weighted by molar-refractivity contribution is 0.614. The van der Waals surface area contributed by atoms with Crippen molar-refractivity contribution in [3.8, 4) is 0 Å². The second-order valence-electron chi connectivity index (χ2n) is 3.21. The zero-order chi connectivity index (χ0) is 12.3. The van der Waals surface area contributed by atoms with E-state index in [9.17, 15) is 14.5 Å². The Bertz CT molecular complexity index is 518. The molecule has 7 heteroatoms. The first-order valence-electron chi connectivity index (χ1n) is 4.75. The van der Waals surface area contributed by atoms with E-state index in [-0.39, 0.29) is 12.1 Å². The Hall–Kier alpha value is -1.37. The standard InChI is InChI=1S/C9H13N3O3S/c1-4-16-8-6(5-10-15)7(13)11(2)9(14)12(8)3/h4-5H2,1-3H3. The monoisotopic (exact) mass is 243 g/mol. The van der Waals surface area contributed by atoms with Crippen LogP contribution in [0.3, 0.4) is 0 Å². The molecule has 0 radical (unpaired) electrons. The van der Waals surface area contributed by atoms with Crippen molar-refractivity contribution in [1.29, 1.82) is 0 Å². The molecule has 0 amide bonds.